The fourth-order valence-electron chi connectivity index (χ4n) is 6.64. The van der Waals surface area contributed by atoms with Crippen LogP contribution in [0.1, 0.15) is 0 Å². The molecule has 9 rings (SSSR count). The van der Waals surface area contributed by atoms with E-state index in [4.69, 9.17) is 9.97 Å². The van der Waals surface area contributed by atoms with Crippen LogP contribution in [0.15, 0.2) is 164 Å². The molecule has 2 aromatic heterocycles. The topological polar surface area (TPSA) is 38.7 Å². The lowest BCUT2D eigenvalue weighted by Gasteiger charge is -2.14. The summed E-state index contributed by atoms with van der Waals surface area (Å²) < 4.78 is 0. The first-order valence-corrected chi connectivity index (χ1v) is 15.5. The molecule has 0 amide bonds. The van der Waals surface area contributed by atoms with E-state index >= 15 is 0 Å². The van der Waals surface area contributed by atoms with Crippen molar-refractivity contribution in [2.75, 3.05) is 0 Å². The summed E-state index contributed by atoms with van der Waals surface area (Å²) in [5.74, 6) is 0.710. The number of benzene rings is 7. The third-order valence-corrected chi connectivity index (χ3v) is 8.97. The molecule has 0 aliphatic carbocycles. The largest absolute Gasteiger partial charge is 0.265 e. The van der Waals surface area contributed by atoms with E-state index in [1.807, 2.05) is 42.7 Å². The second-order valence-corrected chi connectivity index (χ2v) is 11.7. The van der Waals surface area contributed by atoms with E-state index in [-0.39, 0.29) is 0 Å². The van der Waals surface area contributed by atoms with Crippen LogP contribution in [0.25, 0.3) is 88.5 Å². The zero-order valence-corrected chi connectivity index (χ0v) is 24.9. The van der Waals surface area contributed by atoms with Crippen molar-refractivity contribution in [2.24, 2.45) is 0 Å². The highest BCUT2D eigenvalue weighted by Gasteiger charge is 2.14. The molecule has 0 N–H and O–H groups in total. The van der Waals surface area contributed by atoms with Crippen molar-refractivity contribution < 1.29 is 0 Å². The summed E-state index contributed by atoms with van der Waals surface area (Å²) in [7, 11) is 0. The Morgan fingerprint density at radius 3 is 1.57 bits per heavy atom. The van der Waals surface area contributed by atoms with E-state index in [9.17, 15) is 0 Å². The van der Waals surface area contributed by atoms with Crippen LogP contribution in [0.4, 0.5) is 0 Å². The number of hydrogen-bond donors (Lipinski definition) is 0. The maximum atomic E-state index is 5.05. The number of pyridine rings is 1. The van der Waals surface area contributed by atoms with Gasteiger partial charge in [0.15, 0.2) is 5.82 Å². The molecule has 7 aromatic carbocycles. The molecule has 0 spiro atoms. The molecule has 3 nitrogen and oxygen atoms in total. The van der Waals surface area contributed by atoms with Gasteiger partial charge in [-0.3, -0.25) is 4.98 Å². The summed E-state index contributed by atoms with van der Waals surface area (Å²) in [6, 6.07) is 53.7. The fraction of sp³-hybridized carbons (Fsp3) is 0. The molecule has 46 heavy (non-hydrogen) atoms. The van der Waals surface area contributed by atoms with Gasteiger partial charge in [-0.25, -0.2) is 9.97 Å². The number of nitrogens with zero attached hydrogens (tertiary/aromatic N) is 3. The summed E-state index contributed by atoms with van der Waals surface area (Å²) in [4.78, 5) is 14.2. The van der Waals surface area contributed by atoms with Gasteiger partial charge in [0.2, 0.25) is 0 Å². The quantitative estimate of drug-likeness (QED) is 0.189. The number of hydrogen-bond acceptors (Lipinski definition) is 3. The minimum atomic E-state index is 0.710. The third-order valence-electron chi connectivity index (χ3n) is 8.97. The SMILES string of the molecule is c1ccc(-c2nc(-c3ccc(-c4ccncc4)cc3)cc(-c3ccc(-c4ccc5ccc6cccc7ccc4c5c67)cc3)n2)cc1. The molecule has 3 heteroatoms. The average Bonchev–Trinajstić information content (AvgIpc) is 3.14. The van der Waals surface area contributed by atoms with Crippen LogP contribution >= 0.6 is 0 Å². The molecule has 0 saturated heterocycles. The molecule has 0 fully saturated rings. The van der Waals surface area contributed by atoms with E-state index in [1.54, 1.807) is 0 Å². The summed E-state index contributed by atoms with van der Waals surface area (Å²) >= 11 is 0. The van der Waals surface area contributed by atoms with Crippen molar-refractivity contribution in [1.29, 1.82) is 0 Å². The fourth-order valence-corrected chi connectivity index (χ4v) is 6.64. The molecule has 214 valence electrons. The molecule has 9 aromatic rings. The number of aromatic nitrogens is 3. The molecule has 2 heterocycles. The second kappa shape index (κ2) is 10.8. The minimum Gasteiger partial charge on any atom is -0.265 e. The van der Waals surface area contributed by atoms with E-state index in [1.165, 1.54) is 43.4 Å². The van der Waals surface area contributed by atoms with Gasteiger partial charge >= 0.3 is 0 Å². The molecular formula is C43H27N3. The Morgan fingerprint density at radius 1 is 0.348 bits per heavy atom. The summed E-state index contributed by atoms with van der Waals surface area (Å²) in [5.41, 5.74) is 9.57. The lowest BCUT2D eigenvalue weighted by Crippen LogP contribution is -1.96. The van der Waals surface area contributed by atoms with Gasteiger partial charge in [-0.15, -0.1) is 0 Å². The highest BCUT2D eigenvalue weighted by atomic mass is 14.9. The van der Waals surface area contributed by atoms with E-state index in [2.05, 4.69) is 126 Å². The van der Waals surface area contributed by atoms with Crippen LogP contribution in [-0.4, -0.2) is 15.0 Å². The van der Waals surface area contributed by atoms with Gasteiger partial charge in [-0.2, -0.15) is 0 Å². The van der Waals surface area contributed by atoms with Crippen molar-refractivity contribution in [2.45, 2.75) is 0 Å². The maximum absolute atomic E-state index is 5.05. The molecule has 0 radical (unpaired) electrons. The monoisotopic (exact) mass is 585 g/mol. The Balaban J connectivity index is 1.13. The summed E-state index contributed by atoms with van der Waals surface area (Å²) in [6.07, 6.45) is 3.64. The summed E-state index contributed by atoms with van der Waals surface area (Å²) in [5, 5.41) is 7.79. The highest BCUT2D eigenvalue weighted by Crippen LogP contribution is 2.39. The zero-order valence-electron chi connectivity index (χ0n) is 24.9. The lowest BCUT2D eigenvalue weighted by atomic mass is 9.89. The van der Waals surface area contributed by atoms with Crippen LogP contribution < -0.4 is 0 Å². The van der Waals surface area contributed by atoms with Gasteiger partial charge in [-0.05, 0) is 72.8 Å². The van der Waals surface area contributed by atoms with Crippen molar-refractivity contribution in [1.82, 2.24) is 15.0 Å². The Kier molecular flexibility index (Phi) is 6.14. The predicted molar refractivity (Wildman–Crippen MR) is 191 cm³/mol. The van der Waals surface area contributed by atoms with E-state index < -0.39 is 0 Å². The predicted octanol–water partition coefficient (Wildman–Crippen LogP) is 11.1. The molecule has 0 unspecified atom stereocenters. The van der Waals surface area contributed by atoms with E-state index in [0.717, 1.165) is 39.2 Å². The van der Waals surface area contributed by atoms with Gasteiger partial charge in [-0.1, -0.05) is 133 Å². The molecule has 0 bridgehead atoms. The summed E-state index contributed by atoms with van der Waals surface area (Å²) in [6.45, 7) is 0. The molecule has 0 aliphatic heterocycles. The Bertz CT molecular complexity index is 2470. The smallest absolute Gasteiger partial charge is 0.160 e. The Labute approximate surface area is 266 Å². The first-order valence-electron chi connectivity index (χ1n) is 15.5. The number of rotatable bonds is 5. The van der Waals surface area contributed by atoms with Crippen LogP contribution in [0.5, 0.6) is 0 Å². The minimum absolute atomic E-state index is 0.710. The standard InChI is InChI=1S/C43H27N3/c1-2-5-36(6-3-1)43-45-39(31-13-9-28(10-14-31)29-23-25-44-26-24-29)27-40(46-43)32-15-11-30(12-16-32)37-21-19-35-18-17-33-7-4-8-34-20-22-38(37)42(35)41(33)34/h1-27H. The third kappa shape index (κ3) is 4.49. The van der Waals surface area contributed by atoms with Crippen LogP contribution in [0.3, 0.4) is 0 Å². The van der Waals surface area contributed by atoms with Crippen molar-refractivity contribution in [3.05, 3.63) is 164 Å². The lowest BCUT2D eigenvalue weighted by molar-refractivity contribution is 1.18. The molecule has 0 atom stereocenters. The molecular weight excluding hydrogens is 558 g/mol. The van der Waals surface area contributed by atoms with Gasteiger partial charge in [0.25, 0.3) is 0 Å². The van der Waals surface area contributed by atoms with Crippen molar-refractivity contribution in [3.63, 3.8) is 0 Å². The van der Waals surface area contributed by atoms with E-state index in [0.29, 0.717) is 5.82 Å². The van der Waals surface area contributed by atoms with Gasteiger partial charge in [0, 0.05) is 29.1 Å². The first kappa shape index (κ1) is 26.2. The molecule has 0 saturated carbocycles. The average molecular weight is 586 g/mol. The normalized spacial score (nSPS) is 11.5. The zero-order chi connectivity index (χ0) is 30.5. The molecule has 0 aliphatic rings. The van der Waals surface area contributed by atoms with Gasteiger partial charge < -0.3 is 0 Å². The van der Waals surface area contributed by atoms with Crippen molar-refractivity contribution in [3.8, 4) is 56.2 Å². The van der Waals surface area contributed by atoms with Crippen LogP contribution in [0.2, 0.25) is 0 Å². The second-order valence-electron chi connectivity index (χ2n) is 11.7. The van der Waals surface area contributed by atoms with Crippen molar-refractivity contribution >= 4 is 32.3 Å². The Hall–Kier alpha value is -6.19. The van der Waals surface area contributed by atoms with Gasteiger partial charge in [0.05, 0.1) is 11.4 Å². The maximum Gasteiger partial charge on any atom is 0.160 e. The Morgan fingerprint density at radius 2 is 0.891 bits per heavy atom. The van der Waals surface area contributed by atoms with Crippen LogP contribution in [0, 0.1) is 0 Å². The van der Waals surface area contributed by atoms with Crippen LogP contribution in [-0.2, 0) is 0 Å². The highest BCUT2D eigenvalue weighted by molar-refractivity contribution is 6.25. The first-order chi connectivity index (χ1) is 22.8. The van der Waals surface area contributed by atoms with Gasteiger partial charge in [0.1, 0.15) is 0 Å².